The fourth-order valence-corrected chi connectivity index (χ4v) is 0.399. The van der Waals surface area contributed by atoms with Crippen molar-refractivity contribution in [3.8, 4) is 0 Å². The van der Waals surface area contributed by atoms with Crippen LogP contribution in [0.3, 0.4) is 0 Å². The van der Waals surface area contributed by atoms with Crippen LogP contribution in [0.25, 0.3) is 0 Å². The molecule has 29 valence electrons. The van der Waals surface area contributed by atoms with E-state index in [1.807, 2.05) is 0 Å². The molecule has 1 radical (unpaired) electrons. The van der Waals surface area contributed by atoms with E-state index < -0.39 is 0 Å². The lowest BCUT2D eigenvalue weighted by atomic mass is 10.4. The molecule has 0 aromatic rings. The average Bonchev–Trinajstić information content (AvgIpc) is 1.79. The Morgan fingerprint density at radius 3 is 2.00 bits per heavy atom. The Morgan fingerprint density at radius 1 is 1.80 bits per heavy atom. The normalized spacial score (nSPS) is 49.2. The van der Waals surface area contributed by atoms with Gasteiger partial charge in [0, 0.05) is 0 Å². The second-order valence-electron chi connectivity index (χ2n) is 1.97. The molecule has 2 atom stereocenters. The molecule has 1 aliphatic rings. The molecule has 0 amide bonds. The van der Waals surface area contributed by atoms with Gasteiger partial charge in [0.15, 0.2) is 0 Å². The molecule has 1 fully saturated rings. The van der Waals surface area contributed by atoms with E-state index >= 15 is 0 Å². The van der Waals surface area contributed by atoms with Crippen LogP contribution in [-0.4, -0.2) is 0 Å². The third-order valence-electron chi connectivity index (χ3n) is 1.28. The maximum absolute atomic E-state index is 3.83. The zero-order chi connectivity index (χ0) is 3.86. The highest BCUT2D eigenvalue weighted by molar-refractivity contribution is 4.83. The number of hydrogen-bond donors (Lipinski definition) is 0. The molecule has 0 aromatic heterocycles. The summed E-state index contributed by atoms with van der Waals surface area (Å²) in [7, 11) is 0. The van der Waals surface area contributed by atoms with Gasteiger partial charge in [0.2, 0.25) is 0 Å². The lowest BCUT2D eigenvalue weighted by Crippen LogP contribution is -1.59. The molecule has 0 heteroatoms. The van der Waals surface area contributed by atoms with Crippen molar-refractivity contribution in [2.75, 3.05) is 0 Å². The van der Waals surface area contributed by atoms with Gasteiger partial charge in [0.25, 0.3) is 0 Å². The Bertz CT molecular complexity index is 33.3. The average molecular weight is 69.1 g/mol. The smallest absolute Gasteiger partial charge is 0.0386 e. The van der Waals surface area contributed by atoms with E-state index in [0.717, 1.165) is 11.8 Å². The Balaban J connectivity index is 2.20. The van der Waals surface area contributed by atoms with Gasteiger partial charge in [-0.05, 0) is 25.2 Å². The van der Waals surface area contributed by atoms with E-state index in [-0.39, 0.29) is 0 Å². The topological polar surface area (TPSA) is 0 Å². The van der Waals surface area contributed by atoms with Gasteiger partial charge in [-0.3, -0.25) is 0 Å². The van der Waals surface area contributed by atoms with Crippen LogP contribution in [0.2, 0.25) is 0 Å². The summed E-state index contributed by atoms with van der Waals surface area (Å²) in [5.74, 6) is 1.74. The van der Waals surface area contributed by atoms with Crippen LogP contribution in [0.15, 0.2) is 0 Å². The first-order chi connectivity index (χ1) is 2.30. The third kappa shape index (κ3) is 0.444. The molecule has 0 heterocycles. The molecule has 1 aliphatic carbocycles. The van der Waals surface area contributed by atoms with Gasteiger partial charge in [-0.2, -0.15) is 0 Å². The highest BCUT2D eigenvalue weighted by Crippen LogP contribution is 2.35. The molecule has 0 bridgehead atoms. The van der Waals surface area contributed by atoms with Crippen LogP contribution in [-0.2, 0) is 0 Å². The Morgan fingerprint density at radius 2 is 2.00 bits per heavy atom. The molecule has 0 spiro atoms. The molecular formula is C5H9. The molecule has 1 saturated carbocycles. The molecule has 0 saturated heterocycles. The van der Waals surface area contributed by atoms with E-state index in [1.54, 1.807) is 0 Å². The summed E-state index contributed by atoms with van der Waals surface area (Å²) in [6, 6.07) is 0. The molecule has 5 heavy (non-hydrogen) atoms. The van der Waals surface area contributed by atoms with Crippen molar-refractivity contribution in [2.24, 2.45) is 11.8 Å². The minimum Gasteiger partial charge on any atom is -0.0622 e. The third-order valence-corrected chi connectivity index (χ3v) is 1.28. The number of rotatable bonds is 0. The molecule has 0 unspecified atom stereocenters. The van der Waals surface area contributed by atoms with E-state index in [1.165, 1.54) is 6.42 Å². The van der Waals surface area contributed by atoms with Crippen molar-refractivity contribution in [3.63, 3.8) is 0 Å². The summed E-state index contributed by atoms with van der Waals surface area (Å²) in [6.07, 6.45) is 1.36. The first kappa shape index (κ1) is 3.20. The second-order valence-corrected chi connectivity index (χ2v) is 1.97. The SMILES string of the molecule is [CH2][C@@H]1C[C@H]1C. The molecule has 0 aliphatic heterocycles. The van der Waals surface area contributed by atoms with Gasteiger partial charge >= 0.3 is 0 Å². The van der Waals surface area contributed by atoms with Crippen molar-refractivity contribution in [3.05, 3.63) is 6.92 Å². The van der Waals surface area contributed by atoms with E-state index in [2.05, 4.69) is 13.8 Å². The van der Waals surface area contributed by atoms with E-state index in [9.17, 15) is 0 Å². The first-order valence-electron chi connectivity index (χ1n) is 2.14. The quantitative estimate of drug-likeness (QED) is 0.404. The summed E-state index contributed by atoms with van der Waals surface area (Å²) in [5.41, 5.74) is 0. The van der Waals surface area contributed by atoms with Crippen molar-refractivity contribution in [1.82, 2.24) is 0 Å². The van der Waals surface area contributed by atoms with E-state index in [0.29, 0.717) is 0 Å². The Labute approximate surface area is 33.2 Å². The molecule has 0 aromatic carbocycles. The predicted molar refractivity (Wildman–Crippen MR) is 22.6 cm³/mol. The monoisotopic (exact) mass is 69.1 g/mol. The van der Waals surface area contributed by atoms with Gasteiger partial charge in [0.05, 0.1) is 0 Å². The maximum atomic E-state index is 3.83. The van der Waals surface area contributed by atoms with Crippen molar-refractivity contribution < 1.29 is 0 Å². The highest BCUT2D eigenvalue weighted by Gasteiger charge is 2.26. The zero-order valence-electron chi connectivity index (χ0n) is 3.57. The number of hydrogen-bond acceptors (Lipinski definition) is 0. The van der Waals surface area contributed by atoms with Crippen LogP contribution in [0.1, 0.15) is 13.3 Å². The minimum atomic E-state index is 0.801. The zero-order valence-corrected chi connectivity index (χ0v) is 3.57. The van der Waals surface area contributed by atoms with Crippen molar-refractivity contribution in [1.29, 1.82) is 0 Å². The lowest BCUT2D eigenvalue weighted by molar-refractivity contribution is 0.897. The van der Waals surface area contributed by atoms with Crippen LogP contribution in [0.5, 0.6) is 0 Å². The molecule has 1 rings (SSSR count). The summed E-state index contributed by atoms with van der Waals surface area (Å²) < 4.78 is 0. The summed E-state index contributed by atoms with van der Waals surface area (Å²) >= 11 is 0. The first-order valence-corrected chi connectivity index (χ1v) is 2.14. The summed E-state index contributed by atoms with van der Waals surface area (Å²) in [6.45, 7) is 6.06. The summed E-state index contributed by atoms with van der Waals surface area (Å²) in [5, 5.41) is 0. The fourth-order valence-electron chi connectivity index (χ4n) is 0.399. The summed E-state index contributed by atoms with van der Waals surface area (Å²) in [4.78, 5) is 0. The standard InChI is InChI=1S/C5H9/c1-4-3-5(4)2/h4-5H,1,3H2,2H3/t4-,5-/m1/s1. The van der Waals surface area contributed by atoms with Crippen LogP contribution < -0.4 is 0 Å². The van der Waals surface area contributed by atoms with Crippen molar-refractivity contribution in [2.45, 2.75) is 13.3 Å². The molecule has 0 nitrogen and oxygen atoms in total. The highest BCUT2D eigenvalue weighted by atomic mass is 14.3. The Kier molecular flexibility index (Phi) is 0.470. The van der Waals surface area contributed by atoms with Gasteiger partial charge in [-0.25, -0.2) is 0 Å². The van der Waals surface area contributed by atoms with E-state index in [4.69, 9.17) is 0 Å². The predicted octanol–water partition coefficient (Wildman–Crippen LogP) is 1.48. The molecule has 0 N–H and O–H groups in total. The Hall–Kier alpha value is 0. The fraction of sp³-hybridized carbons (Fsp3) is 0.800. The minimum absolute atomic E-state index is 0.801. The van der Waals surface area contributed by atoms with Crippen LogP contribution in [0.4, 0.5) is 0 Å². The van der Waals surface area contributed by atoms with Gasteiger partial charge in [-0.15, -0.1) is 0 Å². The van der Waals surface area contributed by atoms with Gasteiger partial charge < -0.3 is 0 Å². The van der Waals surface area contributed by atoms with Crippen molar-refractivity contribution >= 4 is 0 Å². The molecular weight excluding hydrogens is 60.1 g/mol. The van der Waals surface area contributed by atoms with Gasteiger partial charge in [-0.1, -0.05) is 6.92 Å². The lowest BCUT2D eigenvalue weighted by Gasteiger charge is -1.66. The van der Waals surface area contributed by atoms with Crippen LogP contribution in [0, 0.1) is 18.8 Å². The van der Waals surface area contributed by atoms with Gasteiger partial charge in [0.1, 0.15) is 0 Å². The maximum Gasteiger partial charge on any atom is -0.0386 e. The largest absolute Gasteiger partial charge is 0.0622 e. The van der Waals surface area contributed by atoms with Crippen LogP contribution >= 0.6 is 0 Å². The second kappa shape index (κ2) is 0.735.